The van der Waals surface area contributed by atoms with Crippen LogP contribution in [0.15, 0.2) is 45.1 Å². The number of carbonyl (C=O) groups excluding carboxylic acids is 1. The van der Waals surface area contributed by atoms with Crippen LogP contribution in [0.5, 0.6) is 0 Å². The van der Waals surface area contributed by atoms with E-state index in [9.17, 15) is 17.6 Å². The first-order valence-corrected chi connectivity index (χ1v) is 10.8. The fraction of sp³-hybridized carbons (Fsp3) is 0.312. The predicted octanol–water partition coefficient (Wildman–Crippen LogP) is 3.19. The summed E-state index contributed by atoms with van der Waals surface area (Å²) in [7, 11) is -3.69. The minimum absolute atomic E-state index is 0.0645. The van der Waals surface area contributed by atoms with Crippen molar-refractivity contribution >= 4 is 43.2 Å². The highest BCUT2D eigenvalue weighted by molar-refractivity contribution is 9.10. The van der Waals surface area contributed by atoms with Crippen molar-refractivity contribution in [2.24, 2.45) is 0 Å². The Bertz CT molecular complexity index is 868. The molecule has 2 aromatic rings. The third kappa shape index (κ3) is 3.94. The highest BCUT2D eigenvalue weighted by Crippen LogP contribution is 2.25. The lowest BCUT2D eigenvalue weighted by molar-refractivity contribution is 0.0768. The predicted molar refractivity (Wildman–Crippen MR) is 97.7 cm³/mol. The van der Waals surface area contributed by atoms with Crippen LogP contribution in [0.4, 0.5) is 4.39 Å². The number of carbonyl (C=O) groups is 1. The SMILES string of the molecule is O=C(c1sccc1Br)N1CCCN(S(=O)(=O)c2ccc(F)cc2)CC1. The van der Waals surface area contributed by atoms with Gasteiger partial charge in [-0.15, -0.1) is 11.3 Å². The molecular weight excluding hydrogens is 431 g/mol. The highest BCUT2D eigenvalue weighted by Gasteiger charge is 2.29. The van der Waals surface area contributed by atoms with Crippen LogP contribution >= 0.6 is 27.3 Å². The van der Waals surface area contributed by atoms with Crippen molar-refractivity contribution in [2.45, 2.75) is 11.3 Å². The zero-order valence-electron chi connectivity index (χ0n) is 13.2. The van der Waals surface area contributed by atoms with Crippen LogP contribution in [0.3, 0.4) is 0 Å². The molecule has 25 heavy (non-hydrogen) atoms. The summed E-state index contributed by atoms with van der Waals surface area (Å²) < 4.78 is 40.6. The van der Waals surface area contributed by atoms with Gasteiger partial charge < -0.3 is 4.90 Å². The van der Waals surface area contributed by atoms with E-state index in [1.165, 1.54) is 27.8 Å². The molecule has 0 unspecified atom stereocenters. The lowest BCUT2D eigenvalue weighted by Gasteiger charge is -2.21. The summed E-state index contributed by atoms with van der Waals surface area (Å²) in [5.74, 6) is -0.573. The molecule has 1 aromatic carbocycles. The number of nitrogens with zero attached hydrogens (tertiary/aromatic N) is 2. The fourth-order valence-corrected chi connectivity index (χ4v) is 5.66. The lowest BCUT2D eigenvalue weighted by atomic mass is 10.3. The quantitative estimate of drug-likeness (QED) is 0.727. The molecule has 1 aromatic heterocycles. The van der Waals surface area contributed by atoms with E-state index in [0.29, 0.717) is 30.9 Å². The summed E-state index contributed by atoms with van der Waals surface area (Å²) in [5, 5.41) is 1.83. The lowest BCUT2D eigenvalue weighted by Crippen LogP contribution is -2.37. The molecule has 3 rings (SSSR count). The molecule has 0 N–H and O–H groups in total. The van der Waals surface area contributed by atoms with Gasteiger partial charge in [-0.05, 0) is 58.1 Å². The second-order valence-electron chi connectivity index (χ2n) is 5.60. The first-order valence-electron chi connectivity index (χ1n) is 7.67. The van der Waals surface area contributed by atoms with Gasteiger partial charge in [-0.1, -0.05) is 0 Å². The number of hydrogen-bond acceptors (Lipinski definition) is 4. The summed E-state index contributed by atoms with van der Waals surface area (Å²) in [5.41, 5.74) is 0. The van der Waals surface area contributed by atoms with Crippen LogP contribution in [0.2, 0.25) is 0 Å². The molecule has 0 saturated carbocycles. The molecule has 0 aliphatic carbocycles. The van der Waals surface area contributed by atoms with Gasteiger partial charge in [-0.25, -0.2) is 12.8 Å². The molecule has 9 heteroatoms. The van der Waals surface area contributed by atoms with E-state index in [1.807, 2.05) is 11.4 Å². The Kier molecular flexibility index (Phi) is 5.57. The van der Waals surface area contributed by atoms with Gasteiger partial charge >= 0.3 is 0 Å². The number of hydrogen-bond donors (Lipinski definition) is 0. The molecule has 134 valence electrons. The molecule has 1 fully saturated rings. The third-order valence-electron chi connectivity index (χ3n) is 4.00. The summed E-state index contributed by atoms with van der Waals surface area (Å²) in [4.78, 5) is 15.0. The smallest absolute Gasteiger partial charge is 0.265 e. The first kappa shape index (κ1) is 18.5. The Labute approximate surface area is 158 Å². The summed E-state index contributed by atoms with van der Waals surface area (Å²) in [6.07, 6.45) is 0.551. The van der Waals surface area contributed by atoms with Crippen molar-refractivity contribution in [1.82, 2.24) is 9.21 Å². The van der Waals surface area contributed by atoms with Crippen molar-refractivity contribution in [3.05, 3.63) is 50.9 Å². The average Bonchev–Trinajstić information content (AvgIpc) is 2.86. The largest absolute Gasteiger partial charge is 0.337 e. The maximum absolute atomic E-state index is 13.0. The maximum atomic E-state index is 13.0. The van der Waals surface area contributed by atoms with E-state index in [0.717, 1.165) is 16.6 Å². The molecule has 0 radical (unpaired) electrons. The molecule has 2 heterocycles. The van der Waals surface area contributed by atoms with Crippen LogP contribution in [-0.4, -0.2) is 49.7 Å². The number of amides is 1. The van der Waals surface area contributed by atoms with E-state index >= 15 is 0 Å². The van der Waals surface area contributed by atoms with Crippen molar-refractivity contribution in [3.63, 3.8) is 0 Å². The van der Waals surface area contributed by atoms with Gasteiger partial charge in [-0.2, -0.15) is 4.31 Å². The molecule has 1 amide bonds. The molecule has 1 aliphatic heterocycles. The van der Waals surface area contributed by atoms with Crippen LogP contribution in [0.25, 0.3) is 0 Å². The minimum Gasteiger partial charge on any atom is -0.337 e. The average molecular weight is 447 g/mol. The number of sulfonamides is 1. The summed E-state index contributed by atoms with van der Waals surface area (Å²) in [6.45, 7) is 1.37. The van der Waals surface area contributed by atoms with Crippen LogP contribution in [0.1, 0.15) is 16.1 Å². The van der Waals surface area contributed by atoms with Crippen molar-refractivity contribution < 1.29 is 17.6 Å². The monoisotopic (exact) mass is 446 g/mol. The van der Waals surface area contributed by atoms with E-state index in [4.69, 9.17) is 0 Å². The van der Waals surface area contributed by atoms with E-state index < -0.39 is 15.8 Å². The van der Waals surface area contributed by atoms with Gasteiger partial charge in [0, 0.05) is 30.7 Å². The number of rotatable bonds is 3. The molecular formula is C16H16BrFN2O3S2. The Morgan fingerprint density at radius 2 is 1.80 bits per heavy atom. The normalized spacial score (nSPS) is 16.6. The number of halogens is 2. The molecule has 0 atom stereocenters. The second-order valence-corrected chi connectivity index (χ2v) is 9.31. The number of thiophene rings is 1. The van der Waals surface area contributed by atoms with Crippen LogP contribution in [0, 0.1) is 5.82 Å². The zero-order chi connectivity index (χ0) is 18.0. The first-order chi connectivity index (χ1) is 11.9. The Balaban J connectivity index is 1.74. The topological polar surface area (TPSA) is 57.7 Å². The van der Waals surface area contributed by atoms with Gasteiger partial charge in [0.2, 0.25) is 10.0 Å². The fourth-order valence-electron chi connectivity index (χ4n) is 2.68. The van der Waals surface area contributed by atoms with Crippen LogP contribution in [-0.2, 0) is 10.0 Å². The van der Waals surface area contributed by atoms with Gasteiger partial charge in [0.05, 0.1) is 4.90 Å². The Morgan fingerprint density at radius 3 is 2.44 bits per heavy atom. The van der Waals surface area contributed by atoms with Gasteiger partial charge in [0.25, 0.3) is 5.91 Å². The molecule has 1 saturated heterocycles. The van der Waals surface area contributed by atoms with Crippen LogP contribution < -0.4 is 0 Å². The summed E-state index contributed by atoms with van der Waals surface area (Å²) in [6, 6.07) is 6.62. The molecule has 5 nitrogen and oxygen atoms in total. The van der Waals surface area contributed by atoms with Gasteiger partial charge in [0.15, 0.2) is 0 Å². The third-order valence-corrected chi connectivity index (χ3v) is 7.74. The standard InChI is InChI=1S/C16H16BrFN2O3S2/c17-14-6-11-24-15(14)16(21)19-7-1-8-20(10-9-19)25(22,23)13-4-2-12(18)3-5-13/h2-6,11H,1,7-10H2. The zero-order valence-corrected chi connectivity index (χ0v) is 16.4. The molecule has 0 bridgehead atoms. The second kappa shape index (κ2) is 7.53. The minimum atomic E-state index is -3.69. The highest BCUT2D eigenvalue weighted by atomic mass is 79.9. The Hall–Kier alpha value is -1.29. The summed E-state index contributed by atoms with van der Waals surface area (Å²) >= 11 is 4.72. The van der Waals surface area contributed by atoms with Gasteiger partial charge in [-0.3, -0.25) is 4.79 Å². The molecule has 1 aliphatic rings. The Morgan fingerprint density at radius 1 is 1.08 bits per heavy atom. The van der Waals surface area contributed by atoms with E-state index in [-0.39, 0.29) is 17.3 Å². The van der Waals surface area contributed by atoms with Crippen molar-refractivity contribution in [2.75, 3.05) is 26.2 Å². The van der Waals surface area contributed by atoms with E-state index in [2.05, 4.69) is 15.9 Å². The van der Waals surface area contributed by atoms with Gasteiger partial charge in [0.1, 0.15) is 10.7 Å². The van der Waals surface area contributed by atoms with Crippen molar-refractivity contribution in [1.29, 1.82) is 0 Å². The van der Waals surface area contributed by atoms with E-state index in [1.54, 1.807) is 4.90 Å². The number of benzene rings is 1. The van der Waals surface area contributed by atoms with Crippen molar-refractivity contribution in [3.8, 4) is 0 Å². The maximum Gasteiger partial charge on any atom is 0.265 e. The molecule has 0 spiro atoms.